The molecule has 1 N–H and O–H groups in total. The maximum atomic E-state index is 13.1. The van der Waals surface area contributed by atoms with Gasteiger partial charge in [0.05, 0.1) is 31.5 Å². The number of carbonyl (C=O) groups excluding carboxylic acids is 2. The summed E-state index contributed by atoms with van der Waals surface area (Å²) in [5.74, 6) is -0.343. The molecule has 6 heteroatoms. The van der Waals surface area contributed by atoms with Gasteiger partial charge in [-0.05, 0) is 54.8 Å². The molecule has 1 aliphatic rings. The van der Waals surface area contributed by atoms with E-state index in [0.29, 0.717) is 17.1 Å². The normalized spacial score (nSPS) is 17.9. The first-order valence-electron chi connectivity index (χ1n) is 9.93. The first-order valence-corrected chi connectivity index (χ1v) is 9.93. The van der Waals surface area contributed by atoms with Crippen molar-refractivity contribution in [2.45, 2.75) is 26.4 Å². The molecule has 0 bridgehead atoms. The molecule has 4 rings (SSSR count). The molecule has 0 saturated carbocycles. The minimum absolute atomic E-state index is 0.0652. The molecule has 1 aliphatic heterocycles. The quantitative estimate of drug-likeness (QED) is 0.375. The van der Waals surface area contributed by atoms with Crippen molar-refractivity contribution in [3.8, 4) is 5.75 Å². The number of amides is 1. The van der Waals surface area contributed by atoms with Crippen LogP contribution in [0.4, 0.5) is 0 Å². The van der Waals surface area contributed by atoms with Crippen molar-refractivity contribution >= 4 is 17.4 Å². The standard InChI is InChI=1S/C25H23NO5/c1-15-13-20(30-3)16(2)12-19(15)23(27)21-22(17-8-5-4-6-9-17)26(25(29)24(21)28)14-18-10-7-11-31-18/h4-13,22,27H,14H2,1-3H3/b23-21+. The number of nitrogens with zero attached hydrogens (tertiary/aromatic N) is 1. The average molecular weight is 417 g/mol. The Balaban J connectivity index is 1.89. The predicted molar refractivity (Wildman–Crippen MR) is 115 cm³/mol. The van der Waals surface area contributed by atoms with Gasteiger partial charge in [0.25, 0.3) is 11.7 Å². The smallest absolute Gasteiger partial charge is 0.296 e. The Hall–Kier alpha value is -3.80. The van der Waals surface area contributed by atoms with Crippen molar-refractivity contribution in [3.05, 3.63) is 94.4 Å². The molecule has 2 aromatic carbocycles. The van der Waals surface area contributed by atoms with Crippen LogP contribution in [0.15, 0.2) is 70.9 Å². The van der Waals surface area contributed by atoms with E-state index in [9.17, 15) is 14.7 Å². The van der Waals surface area contributed by atoms with E-state index in [4.69, 9.17) is 9.15 Å². The molecule has 1 atom stereocenters. The highest BCUT2D eigenvalue weighted by Gasteiger charge is 2.46. The SMILES string of the molecule is COc1cc(C)c(/C(O)=C2\C(=O)C(=O)N(Cc3ccco3)C2c2ccccc2)cc1C. The Morgan fingerprint density at radius 2 is 1.81 bits per heavy atom. The van der Waals surface area contributed by atoms with E-state index in [1.165, 1.54) is 11.2 Å². The lowest BCUT2D eigenvalue weighted by Gasteiger charge is -2.24. The van der Waals surface area contributed by atoms with Crippen LogP contribution in [-0.2, 0) is 16.1 Å². The average Bonchev–Trinajstić information content (AvgIpc) is 3.37. The van der Waals surface area contributed by atoms with Crippen molar-refractivity contribution in [1.82, 2.24) is 4.90 Å². The number of benzene rings is 2. The van der Waals surface area contributed by atoms with Gasteiger partial charge >= 0.3 is 0 Å². The monoisotopic (exact) mass is 417 g/mol. The molecule has 0 radical (unpaired) electrons. The lowest BCUT2D eigenvalue weighted by atomic mass is 9.93. The van der Waals surface area contributed by atoms with Gasteiger partial charge in [0.2, 0.25) is 0 Å². The third kappa shape index (κ3) is 3.61. The number of Topliss-reactive ketones (excluding diaryl/α,β-unsaturated/α-hetero) is 1. The summed E-state index contributed by atoms with van der Waals surface area (Å²) in [7, 11) is 1.58. The molecule has 1 unspecified atom stereocenters. The summed E-state index contributed by atoms with van der Waals surface area (Å²) in [4.78, 5) is 27.5. The topological polar surface area (TPSA) is 80.0 Å². The molecular formula is C25H23NO5. The molecular weight excluding hydrogens is 394 g/mol. The molecule has 1 aromatic heterocycles. The Bertz CT molecular complexity index is 1160. The van der Waals surface area contributed by atoms with Crippen molar-refractivity contribution < 1.29 is 23.8 Å². The van der Waals surface area contributed by atoms with E-state index in [-0.39, 0.29) is 17.9 Å². The second-order valence-electron chi connectivity index (χ2n) is 7.55. The molecule has 1 fully saturated rings. The molecule has 31 heavy (non-hydrogen) atoms. The van der Waals surface area contributed by atoms with Crippen LogP contribution < -0.4 is 4.74 Å². The minimum atomic E-state index is -0.729. The Morgan fingerprint density at radius 1 is 1.06 bits per heavy atom. The van der Waals surface area contributed by atoms with E-state index in [1.807, 2.05) is 44.2 Å². The Labute approximate surface area is 180 Å². The number of carbonyl (C=O) groups is 2. The lowest BCUT2D eigenvalue weighted by molar-refractivity contribution is -0.140. The Kier molecular flexibility index (Phi) is 5.38. The molecule has 0 aliphatic carbocycles. The summed E-state index contributed by atoms with van der Waals surface area (Å²) >= 11 is 0. The number of hydrogen-bond donors (Lipinski definition) is 1. The van der Waals surface area contributed by atoms with Crippen LogP contribution in [0.2, 0.25) is 0 Å². The van der Waals surface area contributed by atoms with Crippen molar-refractivity contribution in [1.29, 1.82) is 0 Å². The van der Waals surface area contributed by atoms with Gasteiger partial charge in [-0.1, -0.05) is 30.3 Å². The fraction of sp³-hybridized carbons (Fsp3) is 0.200. The van der Waals surface area contributed by atoms with Crippen LogP contribution in [0.3, 0.4) is 0 Å². The number of aliphatic hydroxyl groups is 1. The van der Waals surface area contributed by atoms with Gasteiger partial charge in [-0.2, -0.15) is 0 Å². The van der Waals surface area contributed by atoms with E-state index >= 15 is 0 Å². The molecule has 0 spiro atoms. The van der Waals surface area contributed by atoms with Crippen LogP contribution in [0.25, 0.3) is 5.76 Å². The fourth-order valence-electron chi connectivity index (χ4n) is 4.01. The third-order valence-electron chi connectivity index (χ3n) is 5.56. The third-order valence-corrected chi connectivity index (χ3v) is 5.56. The lowest BCUT2D eigenvalue weighted by Crippen LogP contribution is -2.29. The molecule has 1 amide bonds. The highest BCUT2D eigenvalue weighted by atomic mass is 16.5. The second-order valence-corrected chi connectivity index (χ2v) is 7.55. The van der Waals surface area contributed by atoms with Crippen LogP contribution in [0.1, 0.15) is 34.1 Å². The van der Waals surface area contributed by atoms with E-state index < -0.39 is 17.7 Å². The number of methoxy groups -OCH3 is 1. The maximum Gasteiger partial charge on any atom is 0.296 e. The highest BCUT2D eigenvalue weighted by molar-refractivity contribution is 6.46. The summed E-state index contributed by atoms with van der Waals surface area (Å²) in [5.41, 5.74) is 2.85. The maximum absolute atomic E-state index is 13.1. The second kappa shape index (κ2) is 8.14. The summed E-state index contributed by atoms with van der Waals surface area (Å²) < 4.78 is 10.8. The number of hydrogen-bond acceptors (Lipinski definition) is 5. The number of ketones is 1. The summed E-state index contributed by atoms with van der Waals surface area (Å²) in [5, 5.41) is 11.3. The zero-order valence-corrected chi connectivity index (χ0v) is 17.6. The van der Waals surface area contributed by atoms with Gasteiger partial charge in [0, 0.05) is 5.56 Å². The Morgan fingerprint density at radius 3 is 2.45 bits per heavy atom. The number of likely N-dealkylation sites (tertiary alicyclic amines) is 1. The van der Waals surface area contributed by atoms with Crippen LogP contribution in [0, 0.1) is 13.8 Å². The van der Waals surface area contributed by atoms with Crippen molar-refractivity contribution in [2.24, 2.45) is 0 Å². The summed E-state index contributed by atoms with van der Waals surface area (Å²) in [6.07, 6.45) is 1.52. The molecule has 3 aromatic rings. The van der Waals surface area contributed by atoms with E-state index in [2.05, 4.69) is 0 Å². The predicted octanol–water partition coefficient (Wildman–Crippen LogP) is 4.53. The number of rotatable bonds is 5. The highest BCUT2D eigenvalue weighted by Crippen LogP contribution is 2.41. The van der Waals surface area contributed by atoms with Crippen LogP contribution >= 0.6 is 0 Å². The summed E-state index contributed by atoms with van der Waals surface area (Å²) in [6, 6.07) is 15.5. The summed E-state index contributed by atoms with van der Waals surface area (Å²) in [6.45, 7) is 3.81. The van der Waals surface area contributed by atoms with Gasteiger partial charge < -0.3 is 19.2 Å². The number of aryl methyl sites for hydroxylation is 2. The van der Waals surface area contributed by atoms with Gasteiger partial charge in [-0.3, -0.25) is 9.59 Å². The first kappa shape index (κ1) is 20.5. The number of ether oxygens (including phenoxy) is 1. The number of furan rings is 1. The molecule has 6 nitrogen and oxygen atoms in total. The largest absolute Gasteiger partial charge is 0.507 e. The minimum Gasteiger partial charge on any atom is -0.507 e. The van der Waals surface area contributed by atoms with Gasteiger partial charge in [0.1, 0.15) is 17.3 Å². The van der Waals surface area contributed by atoms with Gasteiger partial charge in [-0.15, -0.1) is 0 Å². The van der Waals surface area contributed by atoms with Gasteiger partial charge in [-0.25, -0.2) is 0 Å². The van der Waals surface area contributed by atoms with Crippen molar-refractivity contribution in [3.63, 3.8) is 0 Å². The van der Waals surface area contributed by atoms with E-state index in [0.717, 1.165) is 16.7 Å². The molecule has 158 valence electrons. The number of aliphatic hydroxyl groups excluding tert-OH is 1. The van der Waals surface area contributed by atoms with Gasteiger partial charge in [0.15, 0.2) is 0 Å². The van der Waals surface area contributed by atoms with E-state index in [1.54, 1.807) is 31.4 Å². The van der Waals surface area contributed by atoms with Crippen LogP contribution in [0.5, 0.6) is 5.75 Å². The van der Waals surface area contributed by atoms with Crippen LogP contribution in [-0.4, -0.2) is 28.8 Å². The zero-order valence-electron chi connectivity index (χ0n) is 17.6. The molecule has 2 heterocycles. The zero-order chi connectivity index (χ0) is 22.1. The van der Waals surface area contributed by atoms with Crippen molar-refractivity contribution in [2.75, 3.05) is 7.11 Å². The molecule has 1 saturated heterocycles. The fourth-order valence-corrected chi connectivity index (χ4v) is 4.01. The first-order chi connectivity index (χ1) is 14.9.